The van der Waals surface area contributed by atoms with E-state index in [-0.39, 0.29) is 11.7 Å². The first-order valence-corrected chi connectivity index (χ1v) is 6.07. The van der Waals surface area contributed by atoms with Gasteiger partial charge in [-0.15, -0.1) is 8.80 Å². The van der Waals surface area contributed by atoms with Crippen molar-refractivity contribution in [1.82, 2.24) is 4.98 Å². The molecule has 17 heavy (non-hydrogen) atoms. The Kier molecular flexibility index (Phi) is 2.80. The molecule has 8 heteroatoms. The van der Waals surface area contributed by atoms with E-state index in [0.717, 1.165) is 0 Å². The molecule has 0 amide bonds. The molecule has 0 bridgehead atoms. The van der Waals surface area contributed by atoms with E-state index in [2.05, 4.69) is 13.8 Å². The van der Waals surface area contributed by atoms with Crippen LogP contribution in [0.25, 0.3) is 0 Å². The Balaban J connectivity index is 2.40. The molecule has 0 spiro atoms. The Morgan fingerprint density at radius 2 is 2.06 bits per heavy atom. The van der Waals surface area contributed by atoms with Gasteiger partial charge in [-0.05, 0) is 12.1 Å². The lowest BCUT2D eigenvalue weighted by Crippen LogP contribution is -2.33. The molecule has 0 aliphatic carbocycles. The second-order valence-corrected chi connectivity index (χ2v) is 4.47. The number of aromatic nitrogens is 1. The third-order valence-corrected chi connectivity index (χ3v) is 2.90. The fourth-order valence-corrected chi connectivity index (χ4v) is 2.13. The fraction of sp³-hybridized carbons (Fsp3) is 0.222. The summed E-state index contributed by atoms with van der Waals surface area (Å²) in [5.74, 6) is 0.623. The predicted molar refractivity (Wildman–Crippen MR) is 63.4 cm³/mol. The lowest BCUT2D eigenvalue weighted by Gasteiger charge is -2.16. The summed E-state index contributed by atoms with van der Waals surface area (Å²) in [6.45, 7) is 0. The van der Waals surface area contributed by atoms with Crippen LogP contribution in [-0.4, -0.2) is 39.3 Å². The van der Waals surface area contributed by atoms with E-state index < -0.39 is 10.2 Å². The van der Waals surface area contributed by atoms with Gasteiger partial charge in [0.05, 0.1) is 7.11 Å². The van der Waals surface area contributed by atoms with Gasteiger partial charge in [0.25, 0.3) is 5.90 Å². The summed E-state index contributed by atoms with van der Waals surface area (Å²) in [7, 11) is -0.858. The standard InChI is InChI=1S/C9H10N4O3S/c1-13(7-5-3-4-6-10-7)8-9(16-2)12-17(14,15)11-8/h3-6H,1-2H3. The van der Waals surface area contributed by atoms with Gasteiger partial charge in [0.15, 0.2) is 0 Å². The highest BCUT2D eigenvalue weighted by molar-refractivity contribution is 7.89. The first-order chi connectivity index (χ1) is 8.03. The summed E-state index contributed by atoms with van der Waals surface area (Å²) in [6, 6.07) is 5.27. The van der Waals surface area contributed by atoms with E-state index in [4.69, 9.17) is 4.74 Å². The third-order valence-electron chi connectivity index (χ3n) is 2.10. The number of pyridine rings is 1. The van der Waals surface area contributed by atoms with Crippen molar-refractivity contribution in [3.05, 3.63) is 24.4 Å². The van der Waals surface area contributed by atoms with E-state index in [0.29, 0.717) is 5.82 Å². The minimum Gasteiger partial charge on any atom is -0.478 e. The van der Waals surface area contributed by atoms with Gasteiger partial charge >= 0.3 is 10.2 Å². The van der Waals surface area contributed by atoms with Gasteiger partial charge in [-0.2, -0.15) is 8.42 Å². The Bertz CT molecular complexity index is 580. The number of hydrogen-bond donors (Lipinski definition) is 0. The van der Waals surface area contributed by atoms with Crippen LogP contribution in [0.5, 0.6) is 0 Å². The molecule has 0 atom stereocenters. The average molecular weight is 254 g/mol. The first kappa shape index (κ1) is 11.5. The largest absolute Gasteiger partial charge is 0.478 e. The summed E-state index contributed by atoms with van der Waals surface area (Å²) in [5, 5.41) is 0. The smallest absolute Gasteiger partial charge is 0.368 e. The molecule has 2 rings (SSSR count). The molecule has 90 valence electrons. The van der Waals surface area contributed by atoms with Crippen molar-refractivity contribution in [2.24, 2.45) is 8.80 Å². The van der Waals surface area contributed by atoms with E-state index in [1.54, 1.807) is 31.4 Å². The van der Waals surface area contributed by atoms with Gasteiger partial charge in [-0.1, -0.05) is 6.07 Å². The molecule has 1 aromatic heterocycles. The second-order valence-electron chi connectivity index (χ2n) is 3.21. The van der Waals surface area contributed by atoms with Crippen molar-refractivity contribution in [3.8, 4) is 0 Å². The van der Waals surface area contributed by atoms with Gasteiger partial charge < -0.3 is 9.64 Å². The Morgan fingerprint density at radius 1 is 1.29 bits per heavy atom. The molecule has 0 radical (unpaired) electrons. The summed E-state index contributed by atoms with van der Waals surface area (Å²) >= 11 is 0. The Hall–Kier alpha value is -1.96. The normalized spacial score (nSPS) is 17.3. The fourth-order valence-electron chi connectivity index (χ4n) is 1.31. The topological polar surface area (TPSA) is 84.2 Å². The van der Waals surface area contributed by atoms with Crippen LogP contribution in [0.3, 0.4) is 0 Å². The van der Waals surface area contributed by atoms with Crippen LogP contribution in [0.4, 0.5) is 5.82 Å². The van der Waals surface area contributed by atoms with Crippen molar-refractivity contribution in [1.29, 1.82) is 0 Å². The summed E-state index contributed by atoms with van der Waals surface area (Å²) in [5.41, 5.74) is 0. The van der Waals surface area contributed by atoms with Crippen LogP contribution < -0.4 is 4.90 Å². The van der Waals surface area contributed by atoms with Crippen LogP contribution in [0.1, 0.15) is 0 Å². The van der Waals surface area contributed by atoms with Crippen LogP contribution in [0.2, 0.25) is 0 Å². The molecule has 0 aromatic carbocycles. The van der Waals surface area contributed by atoms with Gasteiger partial charge in [0, 0.05) is 13.2 Å². The molecular formula is C9H10N4O3S. The maximum atomic E-state index is 11.2. The lowest BCUT2D eigenvalue weighted by molar-refractivity contribution is 0.412. The Labute approximate surface area is 98.7 Å². The second kappa shape index (κ2) is 4.13. The first-order valence-electron chi connectivity index (χ1n) is 4.67. The maximum Gasteiger partial charge on any atom is 0.368 e. The number of methoxy groups -OCH3 is 1. The zero-order valence-electron chi connectivity index (χ0n) is 9.23. The van der Waals surface area contributed by atoms with Crippen LogP contribution in [-0.2, 0) is 14.9 Å². The molecule has 1 aliphatic rings. The highest BCUT2D eigenvalue weighted by atomic mass is 32.2. The van der Waals surface area contributed by atoms with Gasteiger partial charge in [0.1, 0.15) is 5.82 Å². The van der Waals surface area contributed by atoms with Crippen molar-refractivity contribution < 1.29 is 13.2 Å². The highest BCUT2D eigenvalue weighted by Crippen LogP contribution is 2.15. The number of hydrogen-bond acceptors (Lipinski definition) is 5. The zero-order chi connectivity index (χ0) is 12.5. The average Bonchev–Trinajstić information content (AvgIpc) is 2.65. The van der Waals surface area contributed by atoms with Crippen molar-refractivity contribution in [2.75, 3.05) is 19.1 Å². The van der Waals surface area contributed by atoms with Crippen molar-refractivity contribution in [3.63, 3.8) is 0 Å². The van der Waals surface area contributed by atoms with Crippen molar-refractivity contribution >= 4 is 27.8 Å². The third kappa shape index (κ3) is 2.26. The predicted octanol–water partition coefficient (Wildman–Crippen LogP) is 0.220. The zero-order valence-corrected chi connectivity index (χ0v) is 10.0. The van der Waals surface area contributed by atoms with Crippen LogP contribution in [0.15, 0.2) is 33.2 Å². The molecule has 0 unspecified atom stereocenters. The molecular weight excluding hydrogens is 244 g/mol. The summed E-state index contributed by atoms with van der Waals surface area (Å²) in [6.07, 6.45) is 1.60. The SMILES string of the molecule is COC1=NS(=O)(=O)N=C1N(C)c1ccccn1. The molecule has 0 saturated carbocycles. The number of amidine groups is 1. The number of rotatable bonds is 1. The molecule has 0 N–H and O–H groups in total. The highest BCUT2D eigenvalue weighted by Gasteiger charge is 2.28. The minimum absolute atomic E-state index is 0.0434. The van der Waals surface area contributed by atoms with Gasteiger partial charge in [-0.25, -0.2) is 4.98 Å². The van der Waals surface area contributed by atoms with E-state index in [1.165, 1.54) is 12.0 Å². The number of anilines is 1. The van der Waals surface area contributed by atoms with Crippen LogP contribution >= 0.6 is 0 Å². The lowest BCUT2D eigenvalue weighted by atomic mass is 10.4. The maximum absolute atomic E-state index is 11.2. The van der Waals surface area contributed by atoms with Gasteiger partial charge in [0.2, 0.25) is 5.84 Å². The molecule has 0 saturated heterocycles. The molecule has 7 nitrogen and oxygen atoms in total. The minimum atomic E-state index is -3.83. The molecule has 1 aromatic rings. The molecule has 2 heterocycles. The number of likely N-dealkylation sites (N-methyl/N-ethyl adjacent to an activating group) is 1. The Morgan fingerprint density at radius 3 is 2.65 bits per heavy atom. The van der Waals surface area contributed by atoms with E-state index in [1.807, 2.05) is 0 Å². The van der Waals surface area contributed by atoms with E-state index >= 15 is 0 Å². The van der Waals surface area contributed by atoms with Gasteiger partial charge in [-0.3, -0.25) is 0 Å². The number of nitrogens with zero attached hydrogens (tertiary/aromatic N) is 4. The molecule has 0 fully saturated rings. The summed E-state index contributed by atoms with van der Waals surface area (Å²) < 4.78 is 34.2. The van der Waals surface area contributed by atoms with E-state index in [9.17, 15) is 8.42 Å². The number of ether oxygens (including phenoxy) is 1. The summed E-state index contributed by atoms with van der Waals surface area (Å²) in [4.78, 5) is 5.57. The van der Waals surface area contributed by atoms with Crippen LogP contribution in [0, 0.1) is 0 Å². The monoisotopic (exact) mass is 254 g/mol. The van der Waals surface area contributed by atoms with Crippen molar-refractivity contribution in [2.45, 2.75) is 0 Å². The quantitative estimate of drug-likeness (QED) is 0.715. The molecule has 1 aliphatic heterocycles.